The third-order valence-corrected chi connectivity index (χ3v) is 2.60. The SMILES string of the molecule is CNc1c(C(=O)Nc2nnn(C)n2)cccc1C(F)(F)F. The average Bonchev–Trinajstić information content (AvgIpc) is 2.82. The van der Waals surface area contributed by atoms with Crippen LogP contribution < -0.4 is 10.6 Å². The van der Waals surface area contributed by atoms with Crippen molar-refractivity contribution in [3.05, 3.63) is 29.3 Å². The Kier molecular flexibility index (Phi) is 3.78. The molecule has 1 aromatic carbocycles. The molecule has 0 fully saturated rings. The maximum Gasteiger partial charge on any atom is 0.418 e. The number of hydrogen-bond donors (Lipinski definition) is 2. The van der Waals surface area contributed by atoms with Crippen LogP contribution in [0, 0.1) is 0 Å². The number of alkyl halides is 3. The van der Waals surface area contributed by atoms with Gasteiger partial charge in [0.1, 0.15) is 0 Å². The van der Waals surface area contributed by atoms with Gasteiger partial charge in [-0.25, -0.2) is 0 Å². The number of hydrogen-bond acceptors (Lipinski definition) is 5. The molecule has 7 nitrogen and oxygen atoms in total. The van der Waals surface area contributed by atoms with Gasteiger partial charge in [-0.2, -0.15) is 18.0 Å². The van der Waals surface area contributed by atoms with Gasteiger partial charge in [-0.15, -0.1) is 5.10 Å². The van der Waals surface area contributed by atoms with Crippen molar-refractivity contribution < 1.29 is 18.0 Å². The molecule has 1 aromatic heterocycles. The Morgan fingerprint density at radius 1 is 1.33 bits per heavy atom. The molecule has 2 N–H and O–H groups in total. The van der Waals surface area contributed by atoms with E-state index in [1.165, 1.54) is 20.2 Å². The molecule has 0 saturated carbocycles. The Hall–Kier alpha value is -2.65. The predicted octanol–water partition coefficient (Wildman–Crippen LogP) is 1.52. The summed E-state index contributed by atoms with van der Waals surface area (Å²) >= 11 is 0. The molecule has 1 heterocycles. The quantitative estimate of drug-likeness (QED) is 0.898. The van der Waals surface area contributed by atoms with Crippen LogP contribution in [0.25, 0.3) is 0 Å². The van der Waals surface area contributed by atoms with Crippen LogP contribution in [0.2, 0.25) is 0 Å². The maximum absolute atomic E-state index is 12.9. The van der Waals surface area contributed by atoms with Crippen molar-refractivity contribution in [2.24, 2.45) is 7.05 Å². The Bertz CT molecular complexity index is 666. The molecule has 0 aliphatic rings. The van der Waals surface area contributed by atoms with Gasteiger partial charge in [0.25, 0.3) is 11.9 Å². The zero-order valence-electron chi connectivity index (χ0n) is 11.1. The number of halogens is 3. The zero-order valence-corrected chi connectivity index (χ0v) is 11.1. The maximum atomic E-state index is 12.9. The lowest BCUT2D eigenvalue weighted by Gasteiger charge is -2.15. The van der Waals surface area contributed by atoms with Crippen LogP contribution in [0.1, 0.15) is 15.9 Å². The zero-order chi connectivity index (χ0) is 15.6. The number of nitrogens with one attached hydrogen (secondary N) is 2. The molecule has 10 heteroatoms. The second kappa shape index (κ2) is 5.38. The highest BCUT2D eigenvalue weighted by Crippen LogP contribution is 2.36. The molecule has 0 saturated heterocycles. The van der Waals surface area contributed by atoms with Crippen LogP contribution in [0.4, 0.5) is 24.8 Å². The van der Waals surface area contributed by atoms with E-state index in [2.05, 4.69) is 26.0 Å². The fourth-order valence-corrected chi connectivity index (χ4v) is 1.75. The summed E-state index contributed by atoms with van der Waals surface area (Å²) in [6.45, 7) is 0. The van der Waals surface area contributed by atoms with E-state index in [1.807, 2.05) is 0 Å². The molecular weight excluding hydrogens is 289 g/mol. The lowest BCUT2D eigenvalue weighted by molar-refractivity contribution is -0.136. The fraction of sp³-hybridized carbons (Fsp3) is 0.273. The van der Waals surface area contributed by atoms with E-state index in [0.29, 0.717) is 0 Å². The summed E-state index contributed by atoms with van der Waals surface area (Å²) in [5, 5.41) is 15.4. The minimum Gasteiger partial charge on any atom is -0.387 e. The molecule has 0 atom stereocenters. The number of tetrazole rings is 1. The number of carbonyl (C=O) groups excluding carboxylic acids is 1. The second-order valence-electron chi connectivity index (χ2n) is 4.03. The number of anilines is 2. The summed E-state index contributed by atoms with van der Waals surface area (Å²) in [4.78, 5) is 13.2. The number of benzene rings is 1. The number of amides is 1. The highest BCUT2D eigenvalue weighted by molar-refractivity contribution is 6.07. The topological polar surface area (TPSA) is 84.7 Å². The Morgan fingerprint density at radius 3 is 2.57 bits per heavy atom. The van der Waals surface area contributed by atoms with Crippen molar-refractivity contribution in [3.8, 4) is 0 Å². The van der Waals surface area contributed by atoms with E-state index < -0.39 is 17.6 Å². The Morgan fingerprint density at radius 2 is 2.05 bits per heavy atom. The van der Waals surface area contributed by atoms with Gasteiger partial charge in [0.05, 0.1) is 23.9 Å². The van der Waals surface area contributed by atoms with E-state index >= 15 is 0 Å². The van der Waals surface area contributed by atoms with Gasteiger partial charge in [0.15, 0.2) is 0 Å². The Balaban J connectivity index is 2.37. The highest BCUT2D eigenvalue weighted by Gasteiger charge is 2.35. The molecule has 2 rings (SSSR count). The third kappa shape index (κ3) is 3.09. The summed E-state index contributed by atoms with van der Waals surface area (Å²) in [6.07, 6.45) is -4.57. The highest BCUT2D eigenvalue weighted by atomic mass is 19.4. The van der Waals surface area contributed by atoms with Crippen molar-refractivity contribution in [2.45, 2.75) is 6.18 Å². The van der Waals surface area contributed by atoms with Crippen LogP contribution in [0.5, 0.6) is 0 Å². The molecule has 0 radical (unpaired) electrons. The summed E-state index contributed by atoms with van der Waals surface area (Å²) in [7, 11) is 2.80. The molecule has 0 bridgehead atoms. The molecule has 0 aliphatic carbocycles. The van der Waals surface area contributed by atoms with Crippen molar-refractivity contribution in [1.29, 1.82) is 0 Å². The van der Waals surface area contributed by atoms with Crippen LogP contribution in [0.3, 0.4) is 0 Å². The molecule has 0 unspecified atom stereocenters. The van der Waals surface area contributed by atoms with E-state index in [-0.39, 0.29) is 17.2 Å². The van der Waals surface area contributed by atoms with Gasteiger partial charge in [-0.05, 0) is 17.3 Å². The molecule has 21 heavy (non-hydrogen) atoms. The summed E-state index contributed by atoms with van der Waals surface area (Å²) in [6, 6.07) is 3.32. The van der Waals surface area contributed by atoms with Crippen LogP contribution in [-0.2, 0) is 13.2 Å². The first-order chi connectivity index (χ1) is 9.82. The van der Waals surface area contributed by atoms with Gasteiger partial charge >= 0.3 is 6.18 Å². The lowest BCUT2D eigenvalue weighted by atomic mass is 10.1. The van der Waals surface area contributed by atoms with Crippen molar-refractivity contribution >= 4 is 17.5 Å². The summed E-state index contributed by atoms with van der Waals surface area (Å²) in [5.41, 5.74) is -1.41. The predicted molar refractivity (Wildman–Crippen MR) is 67.7 cm³/mol. The van der Waals surface area contributed by atoms with Gasteiger partial charge in [-0.3, -0.25) is 10.1 Å². The van der Waals surface area contributed by atoms with E-state index in [9.17, 15) is 18.0 Å². The number of rotatable bonds is 3. The first-order valence-electron chi connectivity index (χ1n) is 5.76. The van der Waals surface area contributed by atoms with Crippen molar-refractivity contribution in [2.75, 3.05) is 17.7 Å². The molecule has 1 amide bonds. The lowest BCUT2D eigenvalue weighted by Crippen LogP contribution is -2.18. The number of carbonyl (C=O) groups is 1. The summed E-state index contributed by atoms with van der Waals surface area (Å²) in [5.74, 6) is -0.861. The Labute approximate surface area is 117 Å². The summed E-state index contributed by atoms with van der Waals surface area (Å²) < 4.78 is 38.7. The third-order valence-electron chi connectivity index (χ3n) is 2.60. The average molecular weight is 300 g/mol. The van der Waals surface area contributed by atoms with Crippen molar-refractivity contribution in [1.82, 2.24) is 20.2 Å². The van der Waals surface area contributed by atoms with Gasteiger partial charge in [-0.1, -0.05) is 11.2 Å². The van der Waals surface area contributed by atoms with Crippen LogP contribution >= 0.6 is 0 Å². The van der Waals surface area contributed by atoms with E-state index in [4.69, 9.17) is 0 Å². The molecule has 2 aromatic rings. The van der Waals surface area contributed by atoms with Gasteiger partial charge in [0, 0.05) is 7.05 Å². The number of aryl methyl sites for hydroxylation is 1. The first kappa shape index (κ1) is 14.8. The van der Waals surface area contributed by atoms with Crippen molar-refractivity contribution in [3.63, 3.8) is 0 Å². The number of nitrogens with zero attached hydrogens (tertiary/aromatic N) is 4. The van der Waals surface area contributed by atoms with Crippen LogP contribution in [-0.4, -0.2) is 33.2 Å². The monoisotopic (exact) mass is 300 g/mol. The first-order valence-corrected chi connectivity index (χ1v) is 5.76. The van der Waals surface area contributed by atoms with Gasteiger partial charge < -0.3 is 5.32 Å². The standard InChI is InChI=1S/C11H11F3N6O/c1-15-8-6(4-3-5-7(8)11(12,13)14)9(21)16-10-17-19-20(2)18-10/h3-5,15H,1-2H3,(H,16,18,21). The normalized spacial score (nSPS) is 11.3. The largest absolute Gasteiger partial charge is 0.418 e. The molecule has 0 spiro atoms. The molecule has 112 valence electrons. The molecule has 0 aliphatic heterocycles. The minimum atomic E-state index is -4.57. The fourth-order valence-electron chi connectivity index (χ4n) is 1.75. The van der Waals surface area contributed by atoms with Gasteiger partial charge in [0.2, 0.25) is 0 Å². The number of para-hydroxylation sites is 1. The minimum absolute atomic E-state index is 0.0954. The van der Waals surface area contributed by atoms with E-state index in [1.54, 1.807) is 0 Å². The molecular formula is C11H11F3N6O. The van der Waals surface area contributed by atoms with Crippen LogP contribution in [0.15, 0.2) is 18.2 Å². The second-order valence-corrected chi connectivity index (χ2v) is 4.03. The number of aromatic nitrogens is 4. The smallest absolute Gasteiger partial charge is 0.387 e. The van der Waals surface area contributed by atoms with E-state index in [0.717, 1.165) is 16.9 Å².